The van der Waals surface area contributed by atoms with Crippen LogP contribution in [0.25, 0.3) is 22.2 Å². The van der Waals surface area contributed by atoms with Gasteiger partial charge < -0.3 is 19.7 Å². The third-order valence-corrected chi connectivity index (χ3v) is 6.84. The number of ether oxygens (including phenoxy) is 2. The van der Waals surface area contributed by atoms with Crippen LogP contribution in [-0.4, -0.2) is 40.9 Å². The molecule has 2 aromatic heterocycles. The molecule has 0 spiro atoms. The van der Waals surface area contributed by atoms with Crippen LogP contribution in [0.1, 0.15) is 11.1 Å². The van der Waals surface area contributed by atoms with Gasteiger partial charge in [0, 0.05) is 44.7 Å². The van der Waals surface area contributed by atoms with Crippen LogP contribution in [0.15, 0.2) is 91.0 Å². The van der Waals surface area contributed by atoms with E-state index in [1.807, 2.05) is 84.5 Å². The highest BCUT2D eigenvalue weighted by molar-refractivity contribution is 6.01. The van der Waals surface area contributed by atoms with Gasteiger partial charge >= 0.3 is 0 Å². The summed E-state index contributed by atoms with van der Waals surface area (Å²) in [5.41, 5.74) is 6.17. The summed E-state index contributed by atoms with van der Waals surface area (Å²) in [6.45, 7) is 4.74. The average molecular weight is 506 g/mol. The Morgan fingerprint density at radius 3 is 2.16 bits per heavy atom. The molecular formula is C31H31N5O2. The molecule has 1 aliphatic rings. The van der Waals surface area contributed by atoms with Gasteiger partial charge in [-0.15, -0.1) is 0 Å². The van der Waals surface area contributed by atoms with Crippen molar-refractivity contribution >= 4 is 16.6 Å². The molecule has 0 atom stereocenters. The van der Waals surface area contributed by atoms with Crippen LogP contribution in [0.2, 0.25) is 0 Å². The molecular weight excluding hydrogens is 474 g/mol. The Balaban J connectivity index is 1.37. The molecule has 1 fully saturated rings. The lowest BCUT2D eigenvalue weighted by molar-refractivity contribution is 0.268. The lowest BCUT2D eigenvalue weighted by Crippen LogP contribution is -2.43. The second kappa shape index (κ2) is 10.9. The molecule has 6 rings (SSSR count). The molecule has 192 valence electrons. The van der Waals surface area contributed by atoms with Gasteiger partial charge in [-0.3, -0.25) is 4.68 Å². The second-order valence-corrected chi connectivity index (χ2v) is 9.43. The van der Waals surface area contributed by atoms with E-state index in [-0.39, 0.29) is 0 Å². The number of para-hydroxylation sites is 1. The maximum Gasteiger partial charge on any atom is 0.226 e. The van der Waals surface area contributed by atoms with Crippen molar-refractivity contribution in [1.29, 1.82) is 0 Å². The fraction of sp³-hybridized carbons (Fsp3) is 0.226. The predicted molar refractivity (Wildman–Crippen MR) is 151 cm³/mol. The van der Waals surface area contributed by atoms with Gasteiger partial charge in [-0.1, -0.05) is 72.8 Å². The molecule has 3 aromatic carbocycles. The molecule has 38 heavy (non-hydrogen) atoms. The number of aryl methyl sites for hydroxylation is 1. The summed E-state index contributed by atoms with van der Waals surface area (Å²) in [5.74, 6) is 1.02. The molecule has 5 aromatic rings. The van der Waals surface area contributed by atoms with Gasteiger partial charge in [-0.05, 0) is 23.3 Å². The van der Waals surface area contributed by atoms with E-state index in [4.69, 9.17) is 19.6 Å². The van der Waals surface area contributed by atoms with Gasteiger partial charge in [0.15, 0.2) is 0 Å². The molecule has 0 unspecified atom stereocenters. The standard InChI is InChI=1S/C31H31N5O2/c1-35-30-25(13-8-14-27(30)36-19-17-32-18-20-36)29(34-35)26-15-16-28(37-21-23-9-4-2-5-10-23)33-31(26)38-22-24-11-6-3-7-12-24/h2-16,32H,17-22H2,1H3. The summed E-state index contributed by atoms with van der Waals surface area (Å²) in [6.07, 6.45) is 0. The Hall–Kier alpha value is -4.36. The summed E-state index contributed by atoms with van der Waals surface area (Å²) < 4.78 is 14.3. The zero-order chi connectivity index (χ0) is 25.7. The monoisotopic (exact) mass is 505 g/mol. The van der Waals surface area contributed by atoms with Gasteiger partial charge in [-0.2, -0.15) is 10.1 Å². The molecule has 0 radical (unpaired) electrons. The minimum absolute atomic E-state index is 0.403. The predicted octanol–water partition coefficient (Wildman–Crippen LogP) is 5.20. The third-order valence-electron chi connectivity index (χ3n) is 6.84. The number of piperazine rings is 1. The molecule has 7 nitrogen and oxygen atoms in total. The van der Waals surface area contributed by atoms with Gasteiger partial charge in [0.25, 0.3) is 0 Å². The minimum Gasteiger partial charge on any atom is -0.473 e. The first-order chi connectivity index (χ1) is 18.8. The molecule has 3 heterocycles. The van der Waals surface area contributed by atoms with Gasteiger partial charge in [0.1, 0.15) is 18.9 Å². The number of pyridine rings is 1. The molecule has 7 heteroatoms. The number of anilines is 1. The van der Waals surface area contributed by atoms with Crippen LogP contribution in [0, 0.1) is 0 Å². The molecule has 0 saturated carbocycles. The highest BCUT2D eigenvalue weighted by Gasteiger charge is 2.22. The van der Waals surface area contributed by atoms with Gasteiger partial charge in [-0.25, -0.2) is 0 Å². The van der Waals surface area contributed by atoms with E-state index in [9.17, 15) is 0 Å². The number of nitrogens with one attached hydrogen (secondary N) is 1. The Bertz CT molecular complexity index is 1510. The lowest BCUT2D eigenvalue weighted by atomic mass is 10.1. The van der Waals surface area contributed by atoms with E-state index in [0.717, 1.165) is 59.5 Å². The Labute approximate surface area is 222 Å². The van der Waals surface area contributed by atoms with Crippen LogP contribution in [-0.2, 0) is 20.3 Å². The maximum atomic E-state index is 6.32. The SMILES string of the molecule is Cn1nc(-c2ccc(OCc3ccccc3)nc2OCc2ccccc2)c2cccc(N3CCNCC3)c21. The largest absolute Gasteiger partial charge is 0.473 e. The minimum atomic E-state index is 0.403. The normalized spacial score (nSPS) is 13.6. The number of nitrogens with zero attached hydrogens (tertiary/aromatic N) is 4. The van der Waals surface area contributed by atoms with Crippen molar-refractivity contribution in [3.63, 3.8) is 0 Å². The first-order valence-electron chi connectivity index (χ1n) is 13.0. The van der Waals surface area contributed by atoms with E-state index in [0.29, 0.717) is 25.0 Å². The zero-order valence-electron chi connectivity index (χ0n) is 21.5. The summed E-state index contributed by atoms with van der Waals surface area (Å²) >= 11 is 0. The van der Waals surface area contributed by atoms with Crippen LogP contribution < -0.4 is 19.7 Å². The van der Waals surface area contributed by atoms with E-state index >= 15 is 0 Å². The molecule has 0 bridgehead atoms. The summed E-state index contributed by atoms with van der Waals surface area (Å²) in [6, 6.07) is 30.5. The summed E-state index contributed by atoms with van der Waals surface area (Å²) in [5, 5.41) is 9.48. The van der Waals surface area contributed by atoms with Crippen LogP contribution in [0.5, 0.6) is 11.8 Å². The van der Waals surface area contributed by atoms with Crippen molar-refractivity contribution in [2.75, 3.05) is 31.1 Å². The Morgan fingerprint density at radius 1 is 0.763 bits per heavy atom. The first-order valence-corrected chi connectivity index (χ1v) is 13.0. The average Bonchev–Trinajstić information content (AvgIpc) is 3.33. The number of fused-ring (bicyclic) bond motifs is 1. The fourth-order valence-electron chi connectivity index (χ4n) is 4.93. The van der Waals surface area contributed by atoms with Crippen molar-refractivity contribution in [1.82, 2.24) is 20.1 Å². The molecule has 1 N–H and O–H groups in total. The van der Waals surface area contributed by atoms with Crippen molar-refractivity contribution in [3.8, 4) is 23.0 Å². The highest BCUT2D eigenvalue weighted by Crippen LogP contribution is 2.38. The number of hydrogen-bond acceptors (Lipinski definition) is 6. The van der Waals surface area contributed by atoms with Gasteiger partial charge in [0.05, 0.1) is 16.8 Å². The zero-order valence-corrected chi connectivity index (χ0v) is 21.5. The van der Waals surface area contributed by atoms with E-state index < -0.39 is 0 Å². The topological polar surface area (TPSA) is 64.4 Å². The summed E-state index contributed by atoms with van der Waals surface area (Å²) in [4.78, 5) is 7.22. The Kier molecular flexibility index (Phi) is 6.91. The lowest BCUT2D eigenvalue weighted by Gasteiger charge is -2.30. The molecule has 1 saturated heterocycles. The molecule has 0 amide bonds. The third kappa shape index (κ3) is 5.06. The van der Waals surface area contributed by atoms with Crippen molar-refractivity contribution in [2.45, 2.75) is 13.2 Å². The number of hydrogen-bond donors (Lipinski definition) is 1. The van der Waals surface area contributed by atoms with E-state index in [1.165, 1.54) is 5.69 Å². The number of rotatable bonds is 8. The van der Waals surface area contributed by atoms with E-state index in [2.05, 4.69) is 28.4 Å². The van der Waals surface area contributed by atoms with E-state index in [1.54, 1.807) is 0 Å². The number of benzene rings is 3. The molecule has 1 aliphatic heterocycles. The smallest absolute Gasteiger partial charge is 0.226 e. The van der Waals surface area contributed by atoms with Crippen LogP contribution >= 0.6 is 0 Å². The quantitative estimate of drug-likeness (QED) is 0.313. The second-order valence-electron chi connectivity index (χ2n) is 9.43. The molecule has 0 aliphatic carbocycles. The Morgan fingerprint density at radius 2 is 1.45 bits per heavy atom. The van der Waals surface area contributed by atoms with Crippen LogP contribution in [0.4, 0.5) is 5.69 Å². The first kappa shape index (κ1) is 24.0. The van der Waals surface area contributed by atoms with Crippen molar-refractivity contribution in [2.24, 2.45) is 7.05 Å². The summed E-state index contributed by atoms with van der Waals surface area (Å²) in [7, 11) is 2.01. The van der Waals surface area contributed by atoms with Crippen molar-refractivity contribution in [3.05, 3.63) is 102 Å². The fourth-order valence-corrected chi connectivity index (χ4v) is 4.93. The van der Waals surface area contributed by atoms with Gasteiger partial charge in [0.2, 0.25) is 11.8 Å². The number of aromatic nitrogens is 3. The highest BCUT2D eigenvalue weighted by atomic mass is 16.5. The van der Waals surface area contributed by atoms with Crippen molar-refractivity contribution < 1.29 is 9.47 Å². The maximum absolute atomic E-state index is 6.32. The van der Waals surface area contributed by atoms with Crippen LogP contribution in [0.3, 0.4) is 0 Å².